The third-order valence-electron chi connectivity index (χ3n) is 1.79. The third kappa shape index (κ3) is 2.83. The molecule has 0 aromatic heterocycles. The van der Waals surface area contributed by atoms with Crippen molar-refractivity contribution >= 4 is 17.4 Å². The van der Waals surface area contributed by atoms with E-state index in [9.17, 15) is 4.79 Å². The minimum absolute atomic E-state index is 0.136. The number of halogens is 1. The van der Waals surface area contributed by atoms with Crippen molar-refractivity contribution in [2.45, 2.75) is 19.9 Å². The number of hydrogen-bond donors (Lipinski definition) is 1. The van der Waals surface area contributed by atoms with Crippen LogP contribution in [0.25, 0.3) is 0 Å². The van der Waals surface area contributed by atoms with E-state index in [0.717, 1.165) is 11.1 Å². The lowest BCUT2D eigenvalue weighted by atomic mass is 10.1. The van der Waals surface area contributed by atoms with Crippen molar-refractivity contribution in [1.82, 2.24) is 0 Å². The topological polar surface area (TPSA) is 43.1 Å². The van der Waals surface area contributed by atoms with Crippen LogP contribution in [0.4, 0.5) is 0 Å². The summed E-state index contributed by atoms with van der Waals surface area (Å²) in [5.41, 5.74) is 7.30. The van der Waals surface area contributed by atoms with Crippen molar-refractivity contribution in [1.29, 1.82) is 0 Å². The highest BCUT2D eigenvalue weighted by Gasteiger charge is 2.01. The molecule has 0 atom stereocenters. The highest BCUT2D eigenvalue weighted by atomic mass is 35.5. The van der Waals surface area contributed by atoms with Gasteiger partial charge in [0.25, 0.3) is 0 Å². The molecule has 2 N–H and O–H groups in total. The van der Waals surface area contributed by atoms with Gasteiger partial charge in [-0.1, -0.05) is 23.7 Å². The zero-order valence-electron chi connectivity index (χ0n) is 7.51. The summed E-state index contributed by atoms with van der Waals surface area (Å²) in [4.78, 5) is 10.8. The van der Waals surface area contributed by atoms with Gasteiger partial charge in [0.1, 0.15) is 5.78 Å². The van der Waals surface area contributed by atoms with Gasteiger partial charge in [0, 0.05) is 18.0 Å². The second-order valence-electron chi connectivity index (χ2n) is 3.01. The van der Waals surface area contributed by atoms with E-state index in [4.69, 9.17) is 17.3 Å². The Morgan fingerprint density at radius 3 is 2.69 bits per heavy atom. The third-order valence-corrected chi connectivity index (χ3v) is 2.14. The molecular weight excluding hydrogens is 186 g/mol. The summed E-state index contributed by atoms with van der Waals surface area (Å²) in [7, 11) is 0. The molecule has 3 heteroatoms. The highest BCUT2D eigenvalue weighted by Crippen LogP contribution is 2.17. The Morgan fingerprint density at radius 1 is 1.54 bits per heavy atom. The van der Waals surface area contributed by atoms with E-state index in [2.05, 4.69) is 0 Å². The summed E-state index contributed by atoms with van der Waals surface area (Å²) in [6.07, 6.45) is 0.435. The normalized spacial score (nSPS) is 10.1. The molecule has 0 radical (unpaired) electrons. The maximum atomic E-state index is 10.8. The first-order valence-corrected chi connectivity index (χ1v) is 4.48. The van der Waals surface area contributed by atoms with Crippen molar-refractivity contribution in [3.63, 3.8) is 0 Å². The molecule has 0 saturated heterocycles. The van der Waals surface area contributed by atoms with Crippen molar-refractivity contribution in [2.75, 3.05) is 0 Å². The first kappa shape index (κ1) is 10.2. The molecule has 0 amide bonds. The Bertz CT molecular complexity index is 323. The second-order valence-corrected chi connectivity index (χ2v) is 3.42. The van der Waals surface area contributed by atoms with Gasteiger partial charge in [-0.3, -0.25) is 4.79 Å². The van der Waals surface area contributed by atoms with E-state index in [1.807, 2.05) is 12.1 Å². The molecule has 2 nitrogen and oxygen atoms in total. The maximum Gasteiger partial charge on any atom is 0.134 e. The largest absolute Gasteiger partial charge is 0.326 e. The minimum atomic E-state index is 0.136. The zero-order valence-corrected chi connectivity index (χ0v) is 8.27. The number of nitrogens with two attached hydrogens (primary N) is 1. The Kier molecular flexibility index (Phi) is 3.46. The molecule has 0 bridgehead atoms. The van der Waals surface area contributed by atoms with Crippen LogP contribution in [0.2, 0.25) is 5.02 Å². The molecule has 13 heavy (non-hydrogen) atoms. The van der Waals surface area contributed by atoms with Crippen LogP contribution in [0.15, 0.2) is 18.2 Å². The molecule has 0 spiro atoms. The Balaban J connectivity index is 2.89. The fourth-order valence-corrected chi connectivity index (χ4v) is 1.43. The molecule has 0 aliphatic rings. The maximum absolute atomic E-state index is 10.8. The van der Waals surface area contributed by atoms with Crippen LogP contribution in [-0.4, -0.2) is 5.78 Å². The number of ketones is 1. The van der Waals surface area contributed by atoms with Crippen molar-refractivity contribution < 1.29 is 4.79 Å². The van der Waals surface area contributed by atoms with E-state index in [-0.39, 0.29) is 5.78 Å². The summed E-state index contributed by atoms with van der Waals surface area (Å²) in [6, 6.07) is 5.54. The summed E-state index contributed by atoms with van der Waals surface area (Å²) in [6.45, 7) is 1.99. The van der Waals surface area contributed by atoms with Gasteiger partial charge in [-0.25, -0.2) is 0 Å². The van der Waals surface area contributed by atoms with Gasteiger partial charge in [0.15, 0.2) is 0 Å². The van der Waals surface area contributed by atoms with Gasteiger partial charge in [0.05, 0.1) is 0 Å². The zero-order chi connectivity index (χ0) is 9.84. The molecule has 70 valence electrons. The second kappa shape index (κ2) is 4.40. The number of rotatable bonds is 3. The predicted molar refractivity (Wildman–Crippen MR) is 53.7 cm³/mol. The SMILES string of the molecule is CC(=O)Cc1ccc(CN)c(Cl)c1. The van der Waals surface area contributed by atoms with Crippen molar-refractivity contribution in [2.24, 2.45) is 5.73 Å². The molecular formula is C10H12ClNO. The van der Waals surface area contributed by atoms with Crippen LogP contribution in [0.5, 0.6) is 0 Å². The van der Waals surface area contributed by atoms with Crippen LogP contribution >= 0.6 is 11.6 Å². The number of hydrogen-bond acceptors (Lipinski definition) is 2. The quantitative estimate of drug-likeness (QED) is 0.805. The van der Waals surface area contributed by atoms with E-state index in [1.165, 1.54) is 0 Å². The molecule has 0 unspecified atom stereocenters. The molecule has 1 aromatic carbocycles. The highest BCUT2D eigenvalue weighted by molar-refractivity contribution is 6.31. The van der Waals surface area contributed by atoms with Crippen LogP contribution in [0, 0.1) is 0 Å². The van der Waals surface area contributed by atoms with E-state index < -0.39 is 0 Å². The molecule has 0 aliphatic carbocycles. The van der Waals surface area contributed by atoms with Gasteiger partial charge >= 0.3 is 0 Å². The monoisotopic (exact) mass is 197 g/mol. The van der Waals surface area contributed by atoms with Gasteiger partial charge in [-0.15, -0.1) is 0 Å². The molecule has 0 fully saturated rings. The average molecular weight is 198 g/mol. The summed E-state index contributed by atoms with van der Waals surface area (Å²) >= 11 is 5.92. The van der Waals surface area contributed by atoms with Gasteiger partial charge in [-0.05, 0) is 24.1 Å². The first-order valence-electron chi connectivity index (χ1n) is 4.10. The van der Waals surface area contributed by atoms with Crippen LogP contribution < -0.4 is 5.73 Å². The molecule has 0 aliphatic heterocycles. The Hall–Kier alpha value is -0.860. The summed E-state index contributed by atoms with van der Waals surface area (Å²) in [5.74, 6) is 0.136. The van der Waals surface area contributed by atoms with E-state index in [0.29, 0.717) is 18.0 Å². The van der Waals surface area contributed by atoms with Crippen LogP contribution in [0.1, 0.15) is 18.1 Å². The van der Waals surface area contributed by atoms with Gasteiger partial charge in [0.2, 0.25) is 0 Å². The minimum Gasteiger partial charge on any atom is -0.326 e. The fraction of sp³-hybridized carbons (Fsp3) is 0.300. The van der Waals surface area contributed by atoms with Crippen molar-refractivity contribution in [3.05, 3.63) is 34.3 Å². The molecule has 0 heterocycles. The lowest BCUT2D eigenvalue weighted by molar-refractivity contribution is -0.116. The first-order chi connectivity index (χ1) is 6.13. The van der Waals surface area contributed by atoms with E-state index >= 15 is 0 Å². The van der Waals surface area contributed by atoms with E-state index in [1.54, 1.807) is 13.0 Å². The lowest BCUT2D eigenvalue weighted by Gasteiger charge is -2.03. The molecule has 1 aromatic rings. The Labute approximate surface area is 82.7 Å². The summed E-state index contributed by atoms with van der Waals surface area (Å²) in [5, 5.41) is 0.640. The van der Waals surface area contributed by atoms with Gasteiger partial charge in [-0.2, -0.15) is 0 Å². The number of benzene rings is 1. The molecule has 1 rings (SSSR count). The number of carbonyl (C=O) groups is 1. The standard InChI is InChI=1S/C10H12ClNO/c1-7(13)4-8-2-3-9(6-12)10(11)5-8/h2-3,5H,4,6,12H2,1H3. The smallest absolute Gasteiger partial charge is 0.134 e. The fourth-order valence-electron chi connectivity index (χ4n) is 1.15. The predicted octanol–water partition coefficient (Wildman–Crippen LogP) is 1.93. The van der Waals surface area contributed by atoms with Crippen molar-refractivity contribution in [3.8, 4) is 0 Å². The number of carbonyl (C=O) groups excluding carboxylic acids is 1. The van der Waals surface area contributed by atoms with Crippen LogP contribution in [-0.2, 0) is 17.8 Å². The lowest BCUT2D eigenvalue weighted by Crippen LogP contribution is -2.00. The summed E-state index contributed by atoms with van der Waals surface area (Å²) < 4.78 is 0. The molecule has 0 saturated carbocycles. The number of Topliss-reactive ketones (excluding diaryl/α,β-unsaturated/α-hetero) is 1. The Morgan fingerprint density at radius 2 is 2.23 bits per heavy atom. The van der Waals surface area contributed by atoms with Gasteiger partial charge < -0.3 is 5.73 Å². The van der Waals surface area contributed by atoms with Crippen LogP contribution in [0.3, 0.4) is 0 Å². The average Bonchev–Trinajstić information content (AvgIpc) is 2.03.